The summed E-state index contributed by atoms with van der Waals surface area (Å²) in [5, 5.41) is 10.6. The SMILES string of the molecule is CCCCCCCCCCCCCCCCCCCCCC(=O)O[C@H](COC(=O)CCCCCCCCCCCCCCCCC(C)C)COP(=O)(O)OC[C@@H](O)COP(=O)(O)OC[C@@H](COC(=O)CCCCCCCCC(C)CC)OC(=O)CCCCCCCCCCCCC(C)CC. The van der Waals surface area contributed by atoms with E-state index in [2.05, 4.69) is 48.5 Å². The minimum atomic E-state index is -4.96. The van der Waals surface area contributed by atoms with Gasteiger partial charge in [-0.3, -0.25) is 37.3 Å². The van der Waals surface area contributed by atoms with Gasteiger partial charge in [0, 0.05) is 25.7 Å². The molecule has 17 nitrogen and oxygen atoms in total. The number of carbonyl (C=O) groups is 4. The second kappa shape index (κ2) is 71.3. The van der Waals surface area contributed by atoms with Crippen LogP contribution in [0.15, 0.2) is 0 Å². The molecule has 4 unspecified atom stereocenters. The Balaban J connectivity index is 5.25. The van der Waals surface area contributed by atoms with Crippen molar-refractivity contribution in [2.24, 2.45) is 17.8 Å². The largest absolute Gasteiger partial charge is 0.472 e. The molecule has 0 radical (unpaired) electrons. The maximum atomic E-state index is 13.1. The van der Waals surface area contributed by atoms with E-state index in [4.69, 9.17) is 37.0 Å². The average Bonchev–Trinajstić information content (AvgIpc) is 0.929. The minimum absolute atomic E-state index is 0.105. The molecule has 0 saturated heterocycles. The van der Waals surface area contributed by atoms with E-state index in [0.717, 1.165) is 114 Å². The highest BCUT2D eigenvalue weighted by atomic mass is 31.2. The summed E-state index contributed by atoms with van der Waals surface area (Å²) < 4.78 is 68.7. The summed E-state index contributed by atoms with van der Waals surface area (Å²) in [5.74, 6) is 0.221. The van der Waals surface area contributed by atoms with Crippen LogP contribution in [0.2, 0.25) is 0 Å². The van der Waals surface area contributed by atoms with Crippen LogP contribution in [0.25, 0.3) is 0 Å². The van der Waals surface area contributed by atoms with Gasteiger partial charge in [0.05, 0.1) is 26.4 Å². The second-order valence-electron chi connectivity index (χ2n) is 30.1. The van der Waals surface area contributed by atoms with Crippen LogP contribution < -0.4 is 0 Å². The van der Waals surface area contributed by atoms with E-state index < -0.39 is 97.5 Å². The molecule has 0 aliphatic heterocycles. The zero-order valence-corrected chi connectivity index (χ0v) is 67.5. The lowest BCUT2D eigenvalue weighted by molar-refractivity contribution is -0.161. The molecule has 0 aliphatic rings. The Morgan fingerprint density at radius 3 is 0.760 bits per heavy atom. The van der Waals surface area contributed by atoms with Gasteiger partial charge in [0.2, 0.25) is 0 Å². The van der Waals surface area contributed by atoms with Crippen molar-refractivity contribution in [2.45, 2.75) is 439 Å². The molecule has 0 heterocycles. The summed E-state index contributed by atoms with van der Waals surface area (Å²) in [6.45, 7) is 11.9. The number of unbranched alkanes of at least 4 members (excludes halogenated alkanes) is 45. The minimum Gasteiger partial charge on any atom is -0.462 e. The number of rotatable bonds is 79. The van der Waals surface area contributed by atoms with Crippen molar-refractivity contribution >= 4 is 39.5 Å². The number of phosphoric acid groups is 2. The molecule has 0 aromatic carbocycles. The first-order chi connectivity index (χ1) is 48.3. The number of hydrogen-bond donors (Lipinski definition) is 3. The van der Waals surface area contributed by atoms with Crippen molar-refractivity contribution in [3.63, 3.8) is 0 Å². The number of aliphatic hydroxyl groups is 1. The molecule has 594 valence electrons. The van der Waals surface area contributed by atoms with Gasteiger partial charge < -0.3 is 33.8 Å². The molecule has 0 rings (SSSR count). The van der Waals surface area contributed by atoms with Crippen molar-refractivity contribution in [3.8, 4) is 0 Å². The highest BCUT2D eigenvalue weighted by Crippen LogP contribution is 2.45. The summed E-state index contributed by atoms with van der Waals surface area (Å²) in [4.78, 5) is 73.0. The molecular formula is C81H158O17P2. The molecule has 0 aromatic heterocycles. The number of esters is 4. The maximum absolute atomic E-state index is 13.1. The molecule has 7 atom stereocenters. The smallest absolute Gasteiger partial charge is 0.462 e. The summed E-state index contributed by atoms with van der Waals surface area (Å²) in [7, 11) is -9.92. The standard InChI is InChI=1S/C81H158O17P2/c1-8-11-12-13-14-15-16-17-18-19-20-21-22-27-30-36-41-50-57-64-80(85)97-76(68-91-78(83)62-55-48-40-35-29-26-24-23-25-28-33-38-45-52-59-72(4)5)70-95-99(87,88)93-66-75(82)67-94-100(89,90)96-71-77(69-92-79(84)63-56-49-44-43-47-54-61-74(7)10-3)98-81(86)65-58-51-42-37-32-31-34-39-46-53-60-73(6)9-2/h72-77,82H,8-71H2,1-7H3,(H,87,88)(H,89,90)/t73?,74?,75-,76-,77-/m1/s1. The van der Waals surface area contributed by atoms with E-state index in [1.165, 1.54) is 225 Å². The van der Waals surface area contributed by atoms with E-state index in [-0.39, 0.29) is 25.7 Å². The number of ether oxygens (including phenoxy) is 4. The molecule has 0 aliphatic carbocycles. The number of hydrogen-bond acceptors (Lipinski definition) is 15. The van der Waals surface area contributed by atoms with Gasteiger partial charge in [-0.15, -0.1) is 0 Å². The van der Waals surface area contributed by atoms with Crippen molar-refractivity contribution in [1.29, 1.82) is 0 Å². The monoisotopic (exact) mass is 1470 g/mol. The van der Waals surface area contributed by atoms with Crippen LogP contribution in [0, 0.1) is 17.8 Å². The maximum Gasteiger partial charge on any atom is 0.472 e. The summed E-state index contributed by atoms with van der Waals surface area (Å²) in [6, 6.07) is 0. The molecule has 19 heteroatoms. The van der Waals surface area contributed by atoms with Crippen LogP contribution in [-0.4, -0.2) is 96.7 Å². The van der Waals surface area contributed by atoms with Crippen molar-refractivity contribution < 1.29 is 80.2 Å². The Bertz CT molecular complexity index is 1940. The molecule has 0 saturated carbocycles. The molecular weight excluding hydrogens is 1310 g/mol. The Labute approximate surface area is 613 Å². The summed E-state index contributed by atoms with van der Waals surface area (Å²) in [5.41, 5.74) is 0. The Morgan fingerprint density at radius 1 is 0.290 bits per heavy atom. The summed E-state index contributed by atoms with van der Waals surface area (Å²) in [6.07, 6.45) is 59.6. The van der Waals surface area contributed by atoms with Gasteiger partial charge in [-0.2, -0.15) is 0 Å². The third-order valence-corrected chi connectivity index (χ3v) is 21.5. The van der Waals surface area contributed by atoms with Crippen molar-refractivity contribution in [3.05, 3.63) is 0 Å². The highest BCUT2D eigenvalue weighted by Gasteiger charge is 2.30. The Morgan fingerprint density at radius 2 is 0.510 bits per heavy atom. The van der Waals surface area contributed by atoms with E-state index in [1.807, 2.05) is 0 Å². The van der Waals surface area contributed by atoms with Gasteiger partial charge in [0.1, 0.15) is 19.3 Å². The lowest BCUT2D eigenvalue weighted by Crippen LogP contribution is -2.30. The van der Waals surface area contributed by atoms with Gasteiger partial charge in [0.25, 0.3) is 0 Å². The molecule has 0 spiro atoms. The normalized spacial score (nSPS) is 14.5. The van der Waals surface area contributed by atoms with E-state index in [1.54, 1.807) is 0 Å². The van der Waals surface area contributed by atoms with Gasteiger partial charge in [-0.25, -0.2) is 9.13 Å². The van der Waals surface area contributed by atoms with Gasteiger partial charge in [-0.1, -0.05) is 370 Å². The summed E-state index contributed by atoms with van der Waals surface area (Å²) >= 11 is 0. The molecule has 0 fully saturated rings. The second-order valence-corrected chi connectivity index (χ2v) is 33.0. The van der Waals surface area contributed by atoms with Gasteiger partial charge in [-0.05, 0) is 43.4 Å². The van der Waals surface area contributed by atoms with Gasteiger partial charge in [0.15, 0.2) is 12.2 Å². The van der Waals surface area contributed by atoms with Crippen LogP contribution in [0.3, 0.4) is 0 Å². The third-order valence-electron chi connectivity index (χ3n) is 19.6. The van der Waals surface area contributed by atoms with Crippen LogP contribution in [0.5, 0.6) is 0 Å². The van der Waals surface area contributed by atoms with Crippen LogP contribution in [0.1, 0.15) is 421 Å². The molecule has 0 bridgehead atoms. The van der Waals surface area contributed by atoms with Crippen LogP contribution in [-0.2, 0) is 65.4 Å². The molecule has 3 N–H and O–H groups in total. The molecule has 100 heavy (non-hydrogen) atoms. The van der Waals surface area contributed by atoms with E-state index >= 15 is 0 Å². The van der Waals surface area contributed by atoms with Gasteiger partial charge >= 0.3 is 39.5 Å². The predicted molar refractivity (Wildman–Crippen MR) is 409 cm³/mol. The first-order valence-electron chi connectivity index (χ1n) is 41.9. The van der Waals surface area contributed by atoms with Crippen LogP contribution >= 0.6 is 15.6 Å². The average molecular weight is 1470 g/mol. The number of aliphatic hydroxyl groups excluding tert-OH is 1. The van der Waals surface area contributed by atoms with Crippen LogP contribution in [0.4, 0.5) is 0 Å². The lowest BCUT2D eigenvalue weighted by atomic mass is 9.99. The van der Waals surface area contributed by atoms with Crippen molar-refractivity contribution in [1.82, 2.24) is 0 Å². The third kappa shape index (κ3) is 71.7. The first-order valence-corrected chi connectivity index (χ1v) is 44.9. The fourth-order valence-corrected chi connectivity index (χ4v) is 14.0. The quantitative estimate of drug-likeness (QED) is 0.0222. The Kier molecular flexibility index (Phi) is 69.9. The number of phosphoric ester groups is 2. The lowest BCUT2D eigenvalue weighted by Gasteiger charge is -2.21. The fraction of sp³-hybridized carbons (Fsp3) is 0.951. The van der Waals surface area contributed by atoms with Crippen molar-refractivity contribution in [2.75, 3.05) is 39.6 Å². The van der Waals surface area contributed by atoms with E-state index in [9.17, 15) is 43.2 Å². The Hall–Kier alpha value is -1.94. The zero-order valence-electron chi connectivity index (χ0n) is 65.7. The zero-order chi connectivity index (χ0) is 73.7. The fourth-order valence-electron chi connectivity index (χ4n) is 12.4. The molecule has 0 amide bonds. The predicted octanol–water partition coefficient (Wildman–Crippen LogP) is 24.1. The molecule has 0 aromatic rings. The highest BCUT2D eigenvalue weighted by molar-refractivity contribution is 7.47. The van der Waals surface area contributed by atoms with E-state index in [0.29, 0.717) is 25.7 Å². The topological polar surface area (TPSA) is 237 Å². The first kappa shape index (κ1) is 98.1. The number of carbonyl (C=O) groups excluding carboxylic acids is 4.